The molecule has 55 heavy (non-hydrogen) atoms. The number of para-hydroxylation sites is 1. The number of sulfonamides is 1. The lowest BCUT2D eigenvalue weighted by atomic mass is 10.0. The van der Waals surface area contributed by atoms with Crippen molar-refractivity contribution in [1.82, 2.24) is 9.21 Å². The first kappa shape index (κ1) is 43.3. The molecule has 302 valence electrons. The number of hydrogen-bond acceptors (Lipinski definition) is 10. The summed E-state index contributed by atoms with van der Waals surface area (Å²) < 4.78 is 45.2. The smallest absolute Gasteiger partial charge is 0.418 e. The number of ether oxygens (including phenoxy) is 3. The van der Waals surface area contributed by atoms with Crippen molar-refractivity contribution in [3.8, 4) is 5.75 Å². The third kappa shape index (κ3) is 11.1. The van der Waals surface area contributed by atoms with E-state index in [0.29, 0.717) is 11.3 Å². The molecule has 2 aliphatic heterocycles. The van der Waals surface area contributed by atoms with Crippen molar-refractivity contribution in [2.75, 3.05) is 26.1 Å². The highest BCUT2D eigenvalue weighted by Crippen LogP contribution is 2.36. The van der Waals surface area contributed by atoms with E-state index in [1.807, 2.05) is 0 Å². The predicted octanol–water partition coefficient (Wildman–Crippen LogP) is 8.54. The Hall–Kier alpha value is -4.46. The number of unbranched alkanes of at least 4 members (excludes halogenated alkanes) is 15. The fourth-order valence-electron chi connectivity index (χ4n) is 6.93. The second-order valence-corrected chi connectivity index (χ2v) is 16.5. The van der Waals surface area contributed by atoms with Crippen LogP contribution in [0.1, 0.15) is 134 Å². The zero-order valence-electron chi connectivity index (χ0n) is 33.1. The van der Waals surface area contributed by atoms with E-state index in [-0.39, 0.29) is 40.0 Å². The Kier molecular flexibility index (Phi) is 16.1. The summed E-state index contributed by atoms with van der Waals surface area (Å²) in [6.07, 6.45) is 17.3. The molecule has 1 atom stereocenters. The summed E-state index contributed by atoms with van der Waals surface area (Å²) in [4.78, 5) is 59.0. The van der Waals surface area contributed by atoms with Gasteiger partial charge in [0.2, 0.25) is 0 Å². The molecule has 13 nitrogen and oxygen atoms in total. The highest BCUT2D eigenvalue weighted by molar-refractivity contribution is 7.90. The number of carbonyl (C=O) groups is 4. The summed E-state index contributed by atoms with van der Waals surface area (Å²) in [5.41, 5.74) is -1.47. The maximum atomic E-state index is 14.4. The van der Waals surface area contributed by atoms with Gasteiger partial charge < -0.3 is 19.5 Å². The molecular weight excluding hydrogens is 725 g/mol. The summed E-state index contributed by atoms with van der Waals surface area (Å²) in [7, 11) is -1.72. The second-order valence-electron chi connectivity index (χ2n) is 14.7. The van der Waals surface area contributed by atoms with Crippen molar-refractivity contribution in [2.45, 2.75) is 140 Å². The van der Waals surface area contributed by atoms with Gasteiger partial charge in [-0.2, -0.15) is 0 Å². The number of rotatable bonds is 23. The molecule has 1 N–H and O–H groups in total. The number of fused-ring (bicyclic) bond motifs is 1. The highest BCUT2D eigenvalue weighted by atomic mass is 32.2. The Morgan fingerprint density at radius 1 is 0.836 bits per heavy atom. The first-order valence-electron chi connectivity index (χ1n) is 19.7. The lowest BCUT2D eigenvalue weighted by molar-refractivity contribution is -0.137. The molecule has 1 saturated heterocycles. The number of carbonyl (C=O) groups excluding carboxylic acids is 4. The predicted molar refractivity (Wildman–Crippen MR) is 211 cm³/mol. The molecule has 2 aromatic carbocycles. The zero-order valence-corrected chi connectivity index (χ0v) is 33.9. The molecule has 1 unspecified atom stereocenters. The van der Waals surface area contributed by atoms with Crippen LogP contribution in [0.5, 0.6) is 5.75 Å². The summed E-state index contributed by atoms with van der Waals surface area (Å²) in [6.45, 7) is 4.97. The van der Waals surface area contributed by atoms with Crippen molar-refractivity contribution >= 4 is 51.1 Å². The van der Waals surface area contributed by atoms with E-state index in [1.54, 1.807) is 12.1 Å². The molecule has 0 bridgehead atoms. The third-order valence-electron chi connectivity index (χ3n) is 10.0. The average molecular weight is 783 g/mol. The number of amidine groups is 1. The van der Waals surface area contributed by atoms with Crippen molar-refractivity contribution in [2.24, 2.45) is 4.99 Å². The van der Waals surface area contributed by atoms with E-state index >= 15 is 0 Å². The van der Waals surface area contributed by atoms with Crippen LogP contribution < -0.4 is 10.1 Å². The number of nitrogens with one attached hydrogen (secondary N) is 1. The summed E-state index contributed by atoms with van der Waals surface area (Å²) in [5, 5.41) is 2.64. The Morgan fingerprint density at radius 3 is 1.93 bits per heavy atom. The Morgan fingerprint density at radius 2 is 1.40 bits per heavy atom. The number of aliphatic imine (C=N–C) groups is 1. The van der Waals surface area contributed by atoms with Gasteiger partial charge in [-0.3, -0.25) is 13.9 Å². The Balaban J connectivity index is 1.50. The van der Waals surface area contributed by atoms with E-state index in [0.717, 1.165) is 30.0 Å². The van der Waals surface area contributed by atoms with Crippen LogP contribution in [0.2, 0.25) is 0 Å². The van der Waals surface area contributed by atoms with Gasteiger partial charge >= 0.3 is 12.1 Å². The number of methoxy groups -OCH3 is 2. The van der Waals surface area contributed by atoms with Gasteiger partial charge in [0.15, 0.2) is 17.5 Å². The van der Waals surface area contributed by atoms with E-state index < -0.39 is 45.5 Å². The SMILES string of the molecule is CCCCCCCCCCCCCCCCCCN1C(C(C(=O)Nc2cc(C(=O)OC)ccc2OC)N2C(=O)OC(C)(C)C2=O)=Nc2ccccc2S1(=O)=O. The fourth-order valence-corrected chi connectivity index (χ4v) is 8.56. The lowest BCUT2D eigenvalue weighted by Gasteiger charge is -2.35. The van der Waals surface area contributed by atoms with Gasteiger partial charge in [0.1, 0.15) is 10.6 Å². The van der Waals surface area contributed by atoms with Gasteiger partial charge in [0.25, 0.3) is 21.8 Å². The van der Waals surface area contributed by atoms with Crippen LogP contribution in [0.15, 0.2) is 52.4 Å². The number of hydrogen-bond donors (Lipinski definition) is 1. The number of anilines is 1. The number of amides is 3. The first-order chi connectivity index (χ1) is 26.4. The van der Waals surface area contributed by atoms with Gasteiger partial charge in [-0.1, -0.05) is 115 Å². The summed E-state index contributed by atoms with van der Waals surface area (Å²) >= 11 is 0. The van der Waals surface area contributed by atoms with Gasteiger partial charge in [0, 0.05) is 6.54 Å². The molecule has 0 radical (unpaired) electrons. The highest BCUT2D eigenvalue weighted by Gasteiger charge is 2.55. The molecule has 3 amide bonds. The minimum atomic E-state index is -4.28. The Bertz CT molecular complexity index is 1790. The number of imide groups is 1. The molecule has 1 fully saturated rings. The molecule has 2 aromatic rings. The molecule has 0 saturated carbocycles. The Labute approximate surface area is 326 Å². The van der Waals surface area contributed by atoms with E-state index in [9.17, 15) is 27.6 Å². The van der Waals surface area contributed by atoms with Crippen molar-refractivity contribution < 1.29 is 41.8 Å². The van der Waals surface area contributed by atoms with Gasteiger partial charge in [-0.05, 0) is 50.6 Å². The van der Waals surface area contributed by atoms with E-state index in [4.69, 9.17) is 14.2 Å². The average Bonchev–Trinajstić information content (AvgIpc) is 3.36. The lowest BCUT2D eigenvalue weighted by Crippen LogP contribution is -2.59. The van der Waals surface area contributed by atoms with Crippen molar-refractivity contribution in [3.05, 3.63) is 48.0 Å². The molecule has 0 aromatic heterocycles. The maximum absolute atomic E-state index is 14.4. The van der Waals surface area contributed by atoms with Gasteiger partial charge in [0.05, 0.1) is 31.2 Å². The number of nitrogens with zero attached hydrogens (tertiary/aromatic N) is 3. The van der Waals surface area contributed by atoms with Crippen LogP contribution in [0.25, 0.3) is 0 Å². The third-order valence-corrected chi connectivity index (χ3v) is 11.9. The summed E-state index contributed by atoms with van der Waals surface area (Å²) in [5.74, 6) is -2.69. The standard InChI is InChI=1S/C41H58N4O9S/c1-6-7-8-9-10-11-12-13-14-15-16-17-18-19-20-23-28-44-36(42-31-24-21-22-25-34(31)55(44,50)51)35(45-39(48)41(2,3)54-40(45)49)37(46)43-32-29-30(38(47)53-5)26-27-33(32)52-4/h21-22,24-27,29,35H,6-20,23,28H2,1-5H3,(H,43,46). The molecule has 0 spiro atoms. The minimum absolute atomic E-state index is 0.0173. The monoisotopic (exact) mass is 782 g/mol. The van der Waals surface area contributed by atoms with Crippen LogP contribution in [-0.4, -0.2) is 79.7 Å². The molecule has 4 rings (SSSR count). The molecule has 2 aliphatic rings. The second kappa shape index (κ2) is 20.5. The maximum Gasteiger partial charge on any atom is 0.418 e. The van der Waals surface area contributed by atoms with Crippen LogP contribution in [0.3, 0.4) is 0 Å². The largest absolute Gasteiger partial charge is 0.495 e. The molecule has 0 aliphatic carbocycles. The van der Waals surface area contributed by atoms with Gasteiger partial charge in [-0.15, -0.1) is 0 Å². The van der Waals surface area contributed by atoms with Crippen molar-refractivity contribution in [3.63, 3.8) is 0 Å². The van der Waals surface area contributed by atoms with Crippen molar-refractivity contribution in [1.29, 1.82) is 0 Å². The first-order valence-corrected chi connectivity index (χ1v) is 21.2. The summed E-state index contributed by atoms with van der Waals surface area (Å²) in [6, 6.07) is 8.44. The number of cyclic esters (lactones) is 1. The van der Waals surface area contributed by atoms with Crippen LogP contribution in [0.4, 0.5) is 16.2 Å². The topological polar surface area (TPSA) is 161 Å². The van der Waals surface area contributed by atoms with Crippen LogP contribution in [0, 0.1) is 0 Å². The van der Waals surface area contributed by atoms with Crippen LogP contribution in [-0.2, 0) is 29.1 Å². The normalized spacial score (nSPS) is 16.3. The fraction of sp³-hybridized carbons (Fsp3) is 0.585. The molecular formula is C41H58N4O9S. The zero-order chi connectivity index (χ0) is 40.0. The van der Waals surface area contributed by atoms with Gasteiger partial charge in [-0.25, -0.2) is 27.9 Å². The quantitative estimate of drug-likeness (QED) is 0.0860. The van der Waals surface area contributed by atoms with Crippen LogP contribution >= 0.6 is 0 Å². The number of benzene rings is 2. The molecule has 14 heteroatoms. The van der Waals surface area contributed by atoms with E-state index in [1.165, 1.54) is 129 Å². The minimum Gasteiger partial charge on any atom is -0.495 e. The van der Waals surface area contributed by atoms with E-state index in [2.05, 4.69) is 17.2 Å². The molecule has 2 heterocycles. The number of esters is 1.